The van der Waals surface area contributed by atoms with Crippen LogP contribution >= 0.6 is 0 Å². The minimum Gasteiger partial charge on any atom is -0.356 e. The Kier molecular flexibility index (Phi) is 3.72. The maximum absolute atomic E-state index is 11.6. The number of hydrogen-bond acceptors (Lipinski definition) is 4. The summed E-state index contributed by atoms with van der Waals surface area (Å²) in [6.45, 7) is 2.62. The van der Waals surface area contributed by atoms with Gasteiger partial charge in [0, 0.05) is 12.0 Å². The number of hydrogen-bond donors (Lipinski definition) is 1. The Hall–Kier alpha value is -0.620. The summed E-state index contributed by atoms with van der Waals surface area (Å²) >= 11 is 0. The van der Waals surface area contributed by atoms with Crippen molar-refractivity contribution in [2.45, 2.75) is 26.2 Å². The molecule has 1 rings (SSSR count). The Morgan fingerprint density at radius 1 is 1.53 bits per heavy atom. The molecule has 0 aromatic carbocycles. The van der Waals surface area contributed by atoms with Crippen LogP contribution in [-0.2, 0) is 19.1 Å². The molecule has 0 aromatic heterocycles. The van der Waals surface area contributed by atoms with Gasteiger partial charge < -0.3 is 5.32 Å². The number of carbonyl (C=O) groups is 1. The van der Waals surface area contributed by atoms with Crippen LogP contribution in [0.1, 0.15) is 26.2 Å². The minimum absolute atomic E-state index is 0.00847. The highest BCUT2D eigenvalue weighted by Crippen LogP contribution is 2.30. The van der Waals surface area contributed by atoms with Crippen molar-refractivity contribution in [2.75, 3.05) is 19.4 Å². The van der Waals surface area contributed by atoms with Gasteiger partial charge in [-0.15, -0.1) is 0 Å². The van der Waals surface area contributed by atoms with Crippen LogP contribution in [-0.4, -0.2) is 33.7 Å². The standard InChI is InChI=1S/C9H17NO4S/c1-9(4-3-6-10-8(9)11)5-7-14-15(2,12)13/h3-7H2,1-2H3,(H,10,11). The van der Waals surface area contributed by atoms with Gasteiger partial charge in [0.05, 0.1) is 12.9 Å². The van der Waals surface area contributed by atoms with Crippen LogP contribution in [0.25, 0.3) is 0 Å². The van der Waals surface area contributed by atoms with Gasteiger partial charge in [0.25, 0.3) is 10.1 Å². The van der Waals surface area contributed by atoms with Gasteiger partial charge in [-0.05, 0) is 19.3 Å². The zero-order chi connectivity index (χ0) is 11.5. The molecule has 0 spiro atoms. The van der Waals surface area contributed by atoms with Gasteiger partial charge in [0.1, 0.15) is 0 Å². The third-order valence-corrected chi connectivity index (χ3v) is 3.29. The topological polar surface area (TPSA) is 72.5 Å². The molecular formula is C9H17NO4S. The number of amides is 1. The second-order valence-electron chi connectivity index (χ2n) is 4.20. The van der Waals surface area contributed by atoms with E-state index in [1.54, 1.807) is 0 Å². The van der Waals surface area contributed by atoms with Crippen molar-refractivity contribution in [2.24, 2.45) is 5.41 Å². The van der Waals surface area contributed by atoms with Crippen molar-refractivity contribution in [1.29, 1.82) is 0 Å². The summed E-state index contributed by atoms with van der Waals surface area (Å²) in [5.41, 5.74) is -0.483. The average molecular weight is 235 g/mol. The second kappa shape index (κ2) is 4.49. The van der Waals surface area contributed by atoms with E-state index in [9.17, 15) is 13.2 Å². The van der Waals surface area contributed by atoms with E-state index < -0.39 is 15.5 Å². The van der Waals surface area contributed by atoms with E-state index in [0.29, 0.717) is 13.0 Å². The lowest BCUT2D eigenvalue weighted by atomic mass is 9.79. The number of piperidine rings is 1. The molecule has 1 fully saturated rings. The fraction of sp³-hybridized carbons (Fsp3) is 0.889. The largest absolute Gasteiger partial charge is 0.356 e. The molecule has 1 aliphatic rings. The predicted molar refractivity (Wildman–Crippen MR) is 55.8 cm³/mol. The lowest BCUT2D eigenvalue weighted by Gasteiger charge is -2.32. The first kappa shape index (κ1) is 12.4. The van der Waals surface area contributed by atoms with Gasteiger partial charge in [0.15, 0.2) is 0 Å². The highest BCUT2D eigenvalue weighted by molar-refractivity contribution is 7.85. The van der Waals surface area contributed by atoms with Crippen LogP contribution in [0.2, 0.25) is 0 Å². The summed E-state index contributed by atoms with van der Waals surface area (Å²) in [5, 5.41) is 2.78. The van der Waals surface area contributed by atoms with Crippen molar-refractivity contribution < 1.29 is 17.4 Å². The van der Waals surface area contributed by atoms with E-state index >= 15 is 0 Å². The van der Waals surface area contributed by atoms with Gasteiger partial charge in [0.2, 0.25) is 5.91 Å². The Labute approximate surface area is 90.3 Å². The number of nitrogens with one attached hydrogen (secondary N) is 1. The van der Waals surface area contributed by atoms with Crippen LogP contribution in [0.15, 0.2) is 0 Å². The molecule has 0 aliphatic carbocycles. The monoisotopic (exact) mass is 235 g/mol. The van der Waals surface area contributed by atoms with Crippen molar-refractivity contribution in [3.63, 3.8) is 0 Å². The van der Waals surface area contributed by atoms with Gasteiger partial charge in [-0.3, -0.25) is 8.98 Å². The zero-order valence-electron chi connectivity index (χ0n) is 9.08. The highest BCUT2D eigenvalue weighted by Gasteiger charge is 2.35. The molecule has 1 heterocycles. The Morgan fingerprint density at radius 3 is 2.73 bits per heavy atom. The van der Waals surface area contributed by atoms with Gasteiger partial charge in [-0.2, -0.15) is 8.42 Å². The van der Waals surface area contributed by atoms with Crippen molar-refractivity contribution in [3.05, 3.63) is 0 Å². The zero-order valence-corrected chi connectivity index (χ0v) is 9.89. The smallest absolute Gasteiger partial charge is 0.264 e. The molecule has 1 N–H and O–H groups in total. The first-order valence-electron chi connectivity index (χ1n) is 4.96. The lowest BCUT2D eigenvalue weighted by molar-refractivity contribution is -0.133. The summed E-state index contributed by atoms with van der Waals surface area (Å²) in [7, 11) is -3.40. The van der Waals surface area contributed by atoms with Crippen LogP contribution < -0.4 is 5.32 Å². The van der Waals surface area contributed by atoms with E-state index in [1.165, 1.54) is 0 Å². The molecule has 88 valence electrons. The van der Waals surface area contributed by atoms with E-state index in [2.05, 4.69) is 9.50 Å². The van der Waals surface area contributed by atoms with Crippen LogP contribution in [0.5, 0.6) is 0 Å². The molecule has 1 saturated heterocycles. The first-order chi connectivity index (χ1) is 6.83. The third kappa shape index (κ3) is 3.79. The van der Waals surface area contributed by atoms with E-state index in [1.807, 2.05) is 6.92 Å². The van der Waals surface area contributed by atoms with Crippen molar-refractivity contribution in [3.8, 4) is 0 Å². The summed E-state index contributed by atoms with van der Waals surface area (Å²) in [4.78, 5) is 11.6. The van der Waals surface area contributed by atoms with Crippen molar-refractivity contribution in [1.82, 2.24) is 5.32 Å². The Morgan fingerprint density at radius 2 is 2.20 bits per heavy atom. The maximum atomic E-state index is 11.6. The molecule has 15 heavy (non-hydrogen) atoms. The molecule has 1 amide bonds. The summed E-state index contributed by atoms with van der Waals surface area (Å²) in [6.07, 6.45) is 3.16. The van der Waals surface area contributed by atoms with Crippen LogP contribution in [0, 0.1) is 5.41 Å². The molecule has 6 heteroatoms. The van der Waals surface area contributed by atoms with Crippen LogP contribution in [0.4, 0.5) is 0 Å². The number of rotatable bonds is 4. The molecule has 0 aromatic rings. The summed E-state index contributed by atoms with van der Waals surface area (Å²) in [6, 6.07) is 0. The Bertz CT molecular complexity index is 338. The minimum atomic E-state index is -3.40. The molecule has 1 atom stereocenters. The van der Waals surface area contributed by atoms with E-state index in [4.69, 9.17) is 0 Å². The molecule has 5 nitrogen and oxygen atoms in total. The maximum Gasteiger partial charge on any atom is 0.264 e. The molecule has 0 saturated carbocycles. The first-order valence-corrected chi connectivity index (χ1v) is 6.78. The van der Waals surface area contributed by atoms with Gasteiger partial charge >= 0.3 is 0 Å². The molecular weight excluding hydrogens is 218 g/mol. The fourth-order valence-corrected chi connectivity index (χ4v) is 2.05. The van der Waals surface area contributed by atoms with Gasteiger partial charge in [-0.1, -0.05) is 6.92 Å². The summed E-state index contributed by atoms with van der Waals surface area (Å²) in [5.74, 6) is -0.00847. The fourth-order valence-electron chi connectivity index (χ4n) is 1.66. The highest BCUT2D eigenvalue weighted by atomic mass is 32.2. The normalized spacial score (nSPS) is 27.5. The average Bonchev–Trinajstić information content (AvgIpc) is 2.08. The number of carbonyl (C=O) groups excluding carboxylic acids is 1. The summed E-state index contributed by atoms with van der Waals surface area (Å²) < 4.78 is 26.1. The van der Waals surface area contributed by atoms with E-state index in [0.717, 1.165) is 19.1 Å². The van der Waals surface area contributed by atoms with Crippen LogP contribution in [0.3, 0.4) is 0 Å². The van der Waals surface area contributed by atoms with E-state index in [-0.39, 0.29) is 12.5 Å². The molecule has 1 aliphatic heterocycles. The molecule has 0 bridgehead atoms. The quantitative estimate of drug-likeness (QED) is 0.710. The molecule has 1 unspecified atom stereocenters. The second-order valence-corrected chi connectivity index (χ2v) is 5.84. The van der Waals surface area contributed by atoms with Gasteiger partial charge in [-0.25, -0.2) is 0 Å². The third-order valence-electron chi connectivity index (χ3n) is 2.69. The lowest BCUT2D eigenvalue weighted by Crippen LogP contribution is -2.44. The van der Waals surface area contributed by atoms with Crippen molar-refractivity contribution >= 4 is 16.0 Å². The molecule has 0 radical (unpaired) electrons. The Balaban J connectivity index is 2.45. The SMILES string of the molecule is CC1(CCOS(C)(=O)=O)CCCNC1=O. The predicted octanol–water partition coefficient (Wildman–Crippen LogP) is 0.269.